The van der Waals surface area contributed by atoms with Gasteiger partial charge in [0.05, 0.1) is 12.6 Å². The van der Waals surface area contributed by atoms with E-state index in [1.807, 2.05) is 19.1 Å². The summed E-state index contributed by atoms with van der Waals surface area (Å²) >= 11 is 0. The average Bonchev–Trinajstić information content (AvgIpc) is 2.46. The Morgan fingerprint density at radius 3 is 2.85 bits per heavy atom. The Labute approximate surface area is 118 Å². The summed E-state index contributed by atoms with van der Waals surface area (Å²) in [6, 6.07) is 10.5. The lowest BCUT2D eigenvalue weighted by molar-refractivity contribution is 0.284. The lowest BCUT2D eigenvalue weighted by Gasteiger charge is -2.24. The summed E-state index contributed by atoms with van der Waals surface area (Å²) < 4.78 is 19.0. The number of para-hydroxylation sites is 1. The van der Waals surface area contributed by atoms with Crippen LogP contribution in [0.1, 0.15) is 34.7 Å². The number of benzene rings is 2. The van der Waals surface area contributed by atoms with Gasteiger partial charge in [-0.2, -0.15) is 0 Å². The summed E-state index contributed by atoms with van der Waals surface area (Å²) in [6.45, 7) is 2.62. The minimum Gasteiger partial charge on any atom is -0.493 e. The highest BCUT2D eigenvalue weighted by Gasteiger charge is 2.20. The Hall–Kier alpha value is -1.87. The molecule has 2 nitrogen and oxygen atoms in total. The van der Waals surface area contributed by atoms with Gasteiger partial charge in [0.15, 0.2) is 0 Å². The van der Waals surface area contributed by atoms with Crippen LogP contribution in [-0.2, 0) is 6.42 Å². The Balaban J connectivity index is 2.04. The van der Waals surface area contributed by atoms with Crippen molar-refractivity contribution < 1.29 is 9.13 Å². The number of hydrogen-bond acceptors (Lipinski definition) is 2. The van der Waals surface area contributed by atoms with Gasteiger partial charge in [-0.3, -0.25) is 0 Å². The molecule has 0 spiro atoms. The molecule has 0 fully saturated rings. The number of ether oxygens (including phenoxy) is 1. The molecule has 3 heteroatoms. The summed E-state index contributed by atoms with van der Waals surface area (Å²) in [6.07, 6.45) is 2.07. The van der Waals surface area contributed by atoms with E-state index in [9.17, 15) is 4.39 Å². The van der Waals surface area contributed by atoms with Crippen molar-refractivity contribution in [3.63, 3.8) is 0 Å². The van der Waals surface area contributed by atoms with Crippen LogP contribution in [0.15, 0.2) is 36.4 Å². The molecule has 1 aliphatic rings. The van der Waals surface area contributed by atoms with Crippen molar-refractivity contribution in [2.75, 3.05) is 6.61 Å². The zero-order valence-electron chi connectivity index (χ0n) is 11.5. The van der Waals surface area contributed by atoms with Gasteiger partial charge in [-0.05, 0) is 48.6 Å². The van der Waals surface area contributed by atoms with Crippen molar-refractivity contribution in [3.05, 3.63) is 64.5 Å². The van der Waals surface area contributed by atoms with Gasteiger partial charge in [0.2, 0.25) is 0 Å². The van der Waals surface area contributed by atoms with Crippen molar-refractivity contribution in [1.29, 1.82) is 0 Å². The molecular weight excluding hydrogens is 253 g/mol. The average molecular weight is 271 g/mol. The Kier molecular flexibility index (Phi) is 3.45. The second-order valence-electron chi connectivity index (χ2n) is 5.27. The van der Waals surface area contributed by atoms with E-state index < -0.39 is 0 Å². The van der Waals surface area contributed by atoms with Crippen LogP contribution in [0.4, 0.5) is 4.39 Å². The smallest absolute Gasteiger partial charge is 0.127 e. The molecule has 2 aromatic rings. The predicted molar refractivity (Wildman–Crippen MR) is 77.4 cm³/mol. The van der Waals surface area contributed by atoms with Crippen LogP contribution in [-0.4, -0.2) is 6.61 Å². The fraction of sp³-hybridized carbons (Fsp3) is 0.294. The Bertz CT molecular complexity index is 639. The maximum atomic E-state index is 13.2. The highest BCUT2D eigenvalue weighted by Crippen LogP contribution is 2.35. The van der Waals surface area contributed by atoms with E-state index in [4.69, 9.17) is 10.5 Å². The molecule has 2 aromatic carbocycles. The second kappa shape index (κ2) is 5.25. The number of rotatable bonds is 2. The van der Waals surface area contributed by atoms with Gasteiger partial charge in [0.25, 0.3) is 0 Å². The standard InChI is InChI=1S/C17H18FNO/c1-11-10-13(18)7-8-14(11)16(19)15-6-2-4-12-5-3-9-20-17(12)15/h2,4,6-8,10,16H,3,5,9,19H2,1H3. The molecule has 1 atom stereocenters. The molecule has 1 heterocycles. The Morgan fingerprint density at radius 1 is 1.20 bits per heavy atom. The third-order valence-corrected chi connectivity index (χ3v) is 3.87. The fourth-order valence-corrected chi connectivity index (χ4v) is 2.81. The summed E-state index contributed by atoms with van der Waals surface area (Å²) in [5.74, 6) is 0.680. The van der Waals surface area contributed by atoms with E-state index >= 15 is 0 Å². The van der Waals surface area contributed by atoms with E-state index in [1.54, 1.807) is 6.07 Å². The van der Waals surface area contributed by atoms with Gasteiger partial charge in [-0.1, -0.05) is 24.3 Å². The molecule has 2 N–H and O–H groups in total. The summed E-state index contributed by atoms with van der Waals surface area (Å²) in [7, 11) is 0. The molecule has 0 saturated heterocycles. The van der Waals surface area contributed by atoms with Crippen LogP contribution in [0.5, 0.6) is 5.75 Å². The lowest BCUT2D eigenvalue weighted by atomic mass is 9.92. The van der Waals surface area contributed by atoms with Crippen molar-refractivity contribution in [2.24, 2.45) is 5.73 Å². The third kappa shape index (κ3) is 2.29. The van der Waals surface area contributed by atoms with E-state index in [0.29, 0.717) is 0 Å². The first-order valence-electron chi connectivity index (χ1n) is 6.93. The first kappa shape index (κ1) is 13.1. The number of nitrogens with two attached hydrogens (primary N) is 1. The van der Waals surface area contributed by atoms with Gasteiger partial charge in [-0.25, -0.2) is 4.39 Å². The minimum atomic E-state index is -0.288. The van der Waals surface area contributed by atoms with Gasteiger partial charge < -0.3 is 10.5 Å². The van der Waals surface area contributed by atoms with Crippen LogP contribution in [0.3, 0.4) is 0 Å². The summed E-state index contributed by atoms with van der Waals surface area (Å²) in [5, 5.41) is 0. The SMILES string of the molecule is Cc1cc(F)ccc1C(N)c1cccc2c1OCCC2. The monoisotopic (exact) mass is 271 g/mol. The second-order valence-corrected chi connectivity index (χ2v) is 5.27. The molecule has 0 saturated carbocycles. The fourth-order valence-electron chi connectivity index (χ4n) is 2.81. The summed E-state index contributed by atoms with van der Waals surface area (Å²) in [4.78, 5) is 0. The van der Waals surface area contributed by atoms with Crippen LogP contribution < -0.4 is 10.5 Å². The topological polar surface area (TPSA) is 35.2 Å². The summed E-state index contributed by atoms with van der Waals surface area (Å²) in [5.41, 5.74) is 10.4. The normalized spacial score (nSPS) is 15.3. The maximum absolute atomic E-state index is 13.2. The molecular formula is C17H18FNO. The molecule has 0 aromatic heterocycles. The maximum Gasteiger partial charge on any atom is 0.127 e. The van der Waals surface area contributed by atoms with Gasteiger partial charge in [-0.15, -0.1) is 0 Å². The number of halogens is 1. The third-order valence-electron chi connectivity index (χ3n) is 3.87. The minimum absolute atomic E-state index is 0.232. The van der Waals surface area contributed by atoms with E-state index in [-0.39, 0.29) is 11.9 Å². The quantitative estimate of drug-likeness (QED) is 0.907. The zero-order valence-corrected chi connectivity index (χ0v) is 11.5. The highest BCUT2D eigenvalue weighted by atomic mass is 19.1. The molecule has 0 radical (unpaired) electrons. The van der Waals surface area contributed by atoms with Gasteiger partial charge >= 0.3 is 0 Å². The molecule has 0 amide bonds. The zero-order chi connectivity index (χ0) is 14.1. The molecule has 104 valence electrons. The molecule has 1 unspecified atom stereocenters. The van der Waals surface area contributed by atoms with Gasteiger partial charge in [0, 0.05) is 5.56 Å². The first-order chi connectivity index (χ1) is 9.66. The van der Waals surface area contributed by atoms with Crippen LogP contribution in [0, 0.1) is 12.7 Å². The highest BCUT2D eigenvalue weighted by molar-refractivity contribution is 5.48. The van der Waals surface area contributed by atoms with Gasteiger partial charge in [0.1, 0.15) is 11.6 Å². The van der Waals surface area contributed by atoms with Crippen LogP contribution in [0.25, 0.3) is 0 Å². The Morgan fingerprint density at radius 2 is 2.05 bits per heavy atom. The molecule has 3 rings (SSSR count). The first-order valence-corrected chi connectivity index (χ1v) is 6.93. The number of hydrogen-bond donors (Lipinski definition) is 1. The van der Waals surface area contributed by atoms with Crippen LogP contribution in [0.2, 0.25) is 0 Å². The van der Waals surface area contributed by atoms with E-state index in [2.05, 4.69) is 6.07 Å². The largest absolute Gasteiger partial charge is 0.493 e. The van der Waals surface area contributed by atoms with Crippen molar-refractivity contribution in [3.8, 4) is 5.75 Å². The number of fused-ring (bicyclic) bond motifs is 1. The lowest BCUT2D eigenvalue weighted by Crippen LogP contribution is -2.18. The van der Waals surface area contributed by atoms with Crippen molar-refractivity contribution in [1.82, 2.24) is 0 Å². The predicted octanol–water partition coefficient (Wildman–Crippen LogP) is 3.51. The van der Waals surface area contributed by atoms with E-state index in [1.165, 1.54) is 17.7 Å². The van der Waals surface area contributed by atoms with Crippen molar-refractivity contribution in [2.45, 2.75) is 25.8 Å². The molecule has 1 aliphatic heterocycles. The number of aryl methyl sites for hydroxylation is 2. The molecule has 20 heavy (non-hydrogen) atoms. The molecule has 0 aliphatic carbocycles. The van der Waals surface area contributed by atoms with Crippen LogP contribution >= 0.6 is 0 Å². The van der Waals surface area contributed by atoms with Crippen molar-refractivity contribution >= 4 is 0 Å². The van der Waals surface area contributed by atoms with E-state index in [0.717, 1.165) is 41.9 Å². The molecule has 0 bridgehead atoms.